The fourth-order valence-corrected chi connectivity index (χ4v) is 2.22. The summed E-state index contributed by atoms with van der Waals surface area (Å²) in [6, 6.07) is 0. The summed E-state index contributed by atoms with van der Waals surface area (Å²) in [6.07, 6.45) is 0.898. The largest absolute Gasteiger partial charge is 2.00 e. The first-order valence-electron chi connectivity index (χ1n) is 7.23. The standard InChI is InChI=1S/C13H24N6OS2.Cu/c1-4-14-12(21)18-16-9(3)11(10-6-7-20-8-10)17-19-13(22)15-5-2;/h10H,4-8H2,1-3H3,(H2,14,18,21)(H2,15,19,22);/q;+2/p-2/b16-9+,17-11-;. The van der Waals surface area contributed by atoms with Crippen molar-refractivity contribution in [3.63, 3.8) is 0 Å². The van der Waals surface area contributed by atoms with Gasteiger partial charge in [0.25, 0.3) is 0 Å². The average molecular weight is 406 g/mol. The van der Waals surface area contributed by atoms with E-state index in [0.717, 1.165) is 24.5 Å². The van der Waals surface area contributed by atoms with Crippen LogP contribution in [0.4, 0.5) is 0 Å². The van der Waals surface area contributed by atoms with Crippen molar-refractivity contribution >= 4 is 47.0 Å². The number of hydrogen-bond acceptors (Lipinski definition) is 7. The third-order valence-corrected chi connectivity index (χ3v) is 3.32. The van der Waals surface area contributed by atoms with Gasteiger partial charge >= 0.3 is 17.1 Å². The molecule has 10 heteroatoms. The molecule has 23 heavy (non-hydrogen) atoms. The minimum atomic E-state index is 0. The Bertz CT molecular complexity index is 475. The van der Waals surface area contributed by atoms with Crippen LogP contribution in [-0.4, -0.2) is 48.1 Å². The fourth-order valence-electron chi connectivity index (χ4n) is 1.87. The molecule has 1 unspecified atom stereocenters. The van der Waals surface area contributed by atoms with Gasteiger partial charge in [-0.15, -0.1) is 0 Å². The van der Waals surface area contributed by atoms with Gasteiger partial charge in [-0.2, -0.15) is 10.2 Å². The molecule has 0 aliphatic carbocycles. The Kier molecular flexibility index (Phi) is 12.2. The molecule has 0 saturated carbocycles. The van der Waals surface area contributed by atoms with E-state index in [1.807, 2.05) is 20.8 Å². The van der Waals surface area contributed by atoms with Gasteiger partial charge in [-0.05, 0) is 37.5 Å². The van der Waals surface area contributed by atoms with E-state index in [4.69, 9.17) is 30.0 Å². The van der Waals surface area contributed by atoms with Crippen LogP contribution in [0.25, 0.3) is 0 Å². The summed E-state index contributed by atoms with van der Waals surface area (Å²) in [5.74, 6) is 0.180. The zero-order valence-electron chi connectivity index (χ0n) is 13.4. The molecule has 1 radical (unpaired) electrons. The number of amidine groups is 2. The molecule has 0 amide bonds. The summed E-state index contributed by atoms with van der Waals surface area (Å²) in [7, 11) is 0. The second kappa shape index (κ2) is 12.6. The third-order valence-electron chi connectivity index (χ3n) is 2.88. The Morgan fingerprint density at radius 1 is 1.09 bits per heavy atom. The van der Waals surface area contributed by atoms with E-state index >= 15 is 0 Å². The Balaban J connectivity index is 0.00000484. The van der Waals surface area contributed by atoms with E-state index < -0.39 is 0 Å². The summed E-state index contributed by atoms with van der Waals surface area (Å²) in [5.41, 5.74) is 7.04. The van der Waals surface area contributed by atoms with Gasteiger partial charge in [-0.3, -0.25) is 20.8 Å². The van der Waals surface area contributed by atoms with Crippen LogP contribution in [-0.2, 0) is 47.1 Å². The first-order chi connectivity index (χ1) is 10.6. The van der Waals surface area contributed by atoms with E-state index in [1.54, 1.807) is 0 Å². The minimum absolute atomic E-state index is 0. The van der Waals surface area contributed by atoms with E-state index in [1.165, 1.54) is 0 Å². The van der Waals surface area contributed by atoms with Crippen LogP contribution in [0.3, 0.4) is 0 Å². The van der Waals surface area contributed by atoms with Gasteiger partial charge < -0.3 is 30.0 Å². The number of ether oxygens (including phenoxy) is 1. The van der Waals surface area contributed by atoms with E-state index in [2.05, 4.69) is 31.0 Å². The van der Waals surface area contributed by atoms with Gasteiger partial charge in [0.05, 0.1) is 18.0 Å². The van der Waals surface area contributed by atoms with Crippen LogP contribution in [0.5, 0.6) is 0 Å². The molecule has 0 aromatic rings. The van der Waals surface area contributed by atoms with Crippen molar-refractivity contribution in [2.24, 2.45) is 26.1 Å². The zero-order chi connectivity index (χ0) is 16.4. The summed E-state index contributed by atoms with van der Waals surface area (Å²) in [5, 5.41) is 9.31. The molecule has 2 N–H and O–H groups in total. The number of nitrogens with zero attached hydrogens (tertiary/aromatic N) is 4. The summed E-state index contributed by atoms with van der Waals surface area (Å²) in [6.45, 7) is 8.26. The minimum Gasteiger partial charge on any atom is -0.741 e. The molecule has 0 aromatic heterocycles. The van der Waals surface area contributed by atoms with Gasteiger partial charge in [0.15, 0.2) is 0 Å². The summed E-state index contributed by atoms with van der Waals surface area (Å²) >= 11 is 10.1. The van der Waals surface area contributed by atoms with Gasteiger partial charge in [0.2, 0.25) is 0 Å². The molecule has 7 nitrogen and oxygen atoms in total. The predicted molar refractivity (Wildman–Crippen MR) is 96.4 cm³/mol. The van der Waals surface area contributed by atoms with Crippen molar-refractivity contribution in [2.45, 2.75) is 27.2 Å². The number of nitrogens with one attached hydrogen (secondary N) is 2. The van der Waals surface area contributed by atoms with Crippen LogP contribution in [0, 0.1) is 5.92 Å². The Morgan fingerprint density at radius 2 is 1.65 bits per heavy atom. The van der Waals surface area contributed by atoms with Crippen molar-refractivity contribution in [2.75, 3.05) is 26.3 Å². The van der Waals surface area contributed by atoms with E-state index in [-0.39, 0.29) is 23.0 Å². The molecule has 1 aliphatic rings. The monoisotopic (exact) mass is 405 g/mol. The second-order valence-electron chi connectivity index (χ2n) is 4.54. The molecule has 1 fully saturated rings. The maximum absolute atomic E-state index is 5.42. The normalized spacial score (nSPS) is 20.2. The van der Waals surface area contributed by atoms with Crippen molar-refractivity contribution < 1.29 is 21.8 Å². The molecule has 1 rings (SSSR count). The molecule has 0 bridgehead atoms. The topological polar surface area (TPSA) is 82.7 Å². The number of aliphatic imine (C=N–C) groups is 2. The number of rotatable bonds is 6. The van der Waals surface area contributed by atoms with Crippen LogP contribution in [0.1, 0.15) is 27.2 Å². The number of hydrazone groups is 2. The first-order valence-corrected chi connectivity index (χ1v) is 8.05. The Morgan fingerprint density at radius 3 is 2.13 bits per heavy atom. The van der Waals surface area contributed by atoms with E-state index in [0.29, 0.717) is 30.0 Å². The van der Waals surface area contributed by atoms with E-state index in [9.17, 15) is 0 Å². The maximum atomic E-state index is 5.42. The number of hydrogen-bond donors (Lipinski definition) is 2. The average Bonchev–Trinajstić information content (AvgIpc) is 3.00. The second-order valence-corrected chi connectivity index (χ2v) is 5.31. The zero-order valence-corrected chi connectivity index (χ0v) is 16.0. The quantitative estimate of drug-likeness (QED) is 0.224. The molecule has 1 atom stereocenters. The van der Waals surface area contributed by atoms with Crippen molar-refractivity contribution in [3.05, 3.63) is 0 Å². The molecule has 0 spiro atoms. The Labute approximate surface area is 159 Å². The fraction of sp³-hybridized carbons (Fsp3) is 0.692. The van der Waals surface area contributed by atoms with Crippen molar-refractivity contribution in [1.29, 1.82) is 0 Å². The first kappa shape index (κ1) is 22.2. The van der Waals surface area contributed by atoms with Gasteiger partial charge in [-0.1, -0.05) is 0 Å². The van der Waals surface area contributed by atoms with Crippen molar-refractivity contribution in [3.8, 4) is 0 Å². The van der Waals surface area contributed by atoms with Crippen LogP contribution >= 0.6 is 0 Å². The van der Waals surface area contributed by atoms with Gasteiger partial charge in [0, 0.05) is 25.6 Å². The summed E-state index contributed by atoms with van der Waals surface area (Å²) in [4.78, 5) is 8.12. The summed E-state index contributed by atoms with van der Waals surface area (Å²) < 4.78 is 5.42. The van der Waals surface area contributed by atoms with Crippen LogP contribution in [0.2, 0.25) is 0 Å². The molecular formula is C13H22CuN6OS2. The molecule has 1 aliphatic heterocycles. The van der Waals surface area contributed by atoms with Crippen molar-refractivity contribution in [1.82, 2.24) is 10.9 Å². The molecular weight excluding hydrogens is 384 g/mol. The smallest absolute Gasteiger partial charge is 0.741 e. The predicted octanol–water partition coefficient (Wildman–Crippen LogP) is 0.777. The SMILES string of the molecule is CCN=C([S-])N/N=C(C)/C(=N/NC([S-])=NCC)C1CCOC1.[Cu+2]. The van der Waals surface area contributed by atoms with Gasteiger partial charge in [-0.25, -0.2) is 0 Å². The third kappa shape index (κ3) is 8.57. The molecule has 1 saturated heterocycles. The molecule has 1 heterocycles. The maximum Gasteiger partial charge on any atom is 2.00 e. The van der Waals surface area contributed by atoms with Crippen LogP contribution < -0.4 is 10.9 Å². The van der Waals surface area contributed by atoms with Gasteiger partial charge in [0.1, 0.15) is 0 Å². The molecule has 0 aromatic carbocycles. The van der Waals surface area contributed by atoms with Crippen LogP contribution in [0.15, 0.2) is 20.2 Å². The Hall–Kier alpha value is -0.801. The molecule has 133 valence electrons.